The van der Waals surface area contributed by atoms with E-state index < -0.39 is 10.0 Å². The molecule has 10 nitrogen and oxygen atoms in total. The van der Waals surface area contributed by atoms with E-state index in [1.54, 1.807) is 29.2 Å². The molecule has 1 aromatic carbocycles. The number of benzene rings is 1. The lowest BCUT2D eigenvalue weighted by molar-refractivity contribution is 0.373. The van der Waals surface area contributed by atoms with Crippen molar-refractivity contribution >= 4 is 15.8 Å². The monoisotopic (exact) mass is 415 g/mol. The van der Waals surface area contributed by atoms with E-state index in [0.29, 0.717) is 37.7 Å². The number of methoxy groups -OCH3 is 1. The summed E-state index contributed by atoms with van der Waals surface area (Å²) >= 11 is 0. The van der Waals surface area contributed by atoms with Crippen molar-refractivity contribution in [2.75, 3.05) is 38.2 Å². The lowest BCUT2D eigenvalue weighted by Gasteiger charge is -2.34. The van der Waals surface area contributed by atoms with E-state index in [-0.39, 0.29) is 4.90 Å². The summed E-state index contributed by atoms with van der Waals surface area (Å²) in [6.45, 7) is 3.62. The smallest absolute Gasteiger partial charge is 0.246 e. The van der Waals surface area contributed by atoms with Crippen LogP contribution in [0.1, 0.15) is 5.56 Å². The zero-order chi connectivity index (χ0) is 20.4. The van der Waals surface area contributed by atoms with Crippen molar-refractivity contribution in [1.82, 2.24) is 29.0 Å². The van der Waals surface area contributed by atoms with Gasteiger partial charge < -0.3 is 9.64 Å². The number of aryl methyl sites for hydroxylation is 1. The third kappa shape index (κ3) is 3.78. The highest BCUT2D eigenvalue weighted by Gasteiger charge is 2.31. The van der Waals surface area contributed by atoms with Gasteiger partial charge >= 0.3 is 0 Å². The Labute approximate surface area is 168 Å². The Hall–Kier alpha value is -3.05. The molecular weight excluding hydrogens is 394 g/mol. The molecule has 4 rings (SSSR count). The van der Waals surface area contributed by atoms with Crippen molar-refractivity contribution in [3.63, 3.8) is 0 Å². The van der Waals surface area contributed by atoms with E-state index in [1.807, 2.05) is 17.9 Å². The highest BCUT2D eigenvalue weighted by molar-refractivity contribution is 7.89. The Morgan fingerprint density at radius 2 is 1.76 bits per heavy atom. The van der Waals surface area contributed by atoms with Crippen LogP contribution in [0.5, 0.6) is 5.75 Å². The van der Waals surface area contributed by atoms with Crippen LogP contribution in [0.25, 0.3) is 5.82 Å². The molecule has 1 aliphatic rings. The van der Waals surface area contributed by atoms with E-state index in [4.69, 9.17) is 4.74 Å². The molecule has 0 N–H and O–H groups in total. The number of ether oxygens (including phenoxy) is 1. The first-order valence-electron chi connectivity index (χ1n) is 9.06. The van der Waals surface area contributed by atoms with Crippen molar-refractivity contribution in [3.8, 4) is 11.6 Å². The highest BCUT2D eigenvalue weighted by Crippen LogP contribution is 2.28. The lowest BCUT2D eigenvalue weighted by atomic mass is 10.2. The van der Waals surface area contributed by atoms with E-state index in [1.165, 1.54) is 24.1 Å². The minimum Gasteiger partial charge on any atom is -0.495 e. The highest BCUT2D eigenvalue weighted by atomic mass is 32.2. The zero-order valence-electron chi connectivity index (χ0n) is 16.1. The summed E-state index contributed by atoms with van der Waals surface area (Å²) in [4.78, 5) is 14.7. The van der Waals surface area contributed by atoms with Crippen LogP contribution < -0.4 is 9.64 Å². The molecule has 0 bridgehead atoms. The number of hydrogen-bond donors (Lipinski definition) is 0. The topological polar surface area (TPSA) is 106 Å². The molecule has 29 heavy (non-hydrogen) atoms. The van der Waals surface area contributed by atoms with Crippen molar-refractivity contribution in [2.24, 2.45) is 0 Å². The zero-order valence-corrected chi connectivity index (χ0v) is 16.9. The minimum absolute atomic E-state index is 0.189. The Morgan fingerprint density at radius 1 is 1.00 bits per heavy atom. The molecule has 1 aliphatic heterocycles. The van der Waals surface area contributed by atoms with Crippen LogP contribution in [-0.4, -0.2) is 70.7 Å². The largest absolute Gasteiger partial charge is 0.495 e. The molecule has 0 amide bonds. The maximum absolute atomic E-state index is 13.1. The number of anilines is 1. The van der Waals surface area contributed by atoms with Gasteiger partial charge in [-0.3, -0.25) is 0 Å². The van der Waals surface area contributed by atoms with Gasteiger partial charge in [-0.25, -0.2) is 28.1 Å². The van der Waals surface area contributed by atoms with Crippen molar-refractivity contribution < 1.29 is 13.2 Å². The minimum atomic E-state index is -3.64. The van der Waals surface area contributed by atoms with Crippen molar-refractivity contribution in [3.05, 3.63) is 48.8 Å². The summed E-state index contributed by atoms with van der Waals surface area (Å²) in [7, 11) is -2.16. The van der Waals surface area contributed by atoms with Gasteiger partial charge in [0.25, 0.3) is 0 Å². The van der Waals surface area contributed by atoms with Gasteiger partial charge in [-0.1, -0.05) is 6.07 Å². The molecule has 2 aromatic heterocycles. The second kappa shape index (κ2) is 7.76. The first-order chi connectivity index (χ1) is 14.0. The van der Waals surface area contributed by atoms with Gasteiger partial charge in [0.2, 0.25) is 10.0 Å². The van der Waals surface area contributed by atoms with Crippen LogP contribution in [-0.2, 0) is 10.0 Å². The number of sulfonamides is 1. The van der Waals surface area contributed by atoms with Crippen molar-refractivity contribution in [2.45, 2.75) is 11.8 Å². The number of rotatable bonds is 5. The summed E-state index contributed by atoms with van der Waals surface area (Å²) in [5.74, 6) is 1.68. The number of nitrogens with zero attached hydrogens (tertiary/aromatic N) is 7. The average Bonchev–Trinajstić information content (AvgIpc) is 3.28. The van der Waals surface area contributed by atoms with Gasteiger partial charge in [-0.2, -0.15) is 9.40 Å². The Morgan fingerprint density at radius 3 is 2.45 bits per heavy atom. The molecule has 0 saturated carbocycles. The molecular formula is C18H21N7O3S. The van der Waals surface area contributed by atoms with Crippen LogP contribution in [0, 0.1) is 6.92 Å². The van der Waals surface area contributed by atoms with Crippen LogP contribution in [0.2, 0.25) is 0 Å². The van der Waals surface area contributed by atoms with Crippen molar-refractivity contribution in [1.29, 1.82) is 0 Å². The molecule has 3 aromatic rings. The molecule has 1 fully saturated rings. The maximum Gasteiger partial charge on any atom is 0.246 e. The SMILES string of the molecule is COc1cc(C)ccc1S(=O)(=O)N1CCN(c2cc(-n3cncn3)ncn2)CC1. The van der Waals surface area contributed by atoms with Gasteiger partial charge in [0.1, 0.15) is 35.4 Å². The van der Waals surface area contributed by atoms with Crippen LogP contribution in [0.3, 0.4) is 0 Å². The summed E-state index contributed by atoms with van der Waals surface area (Å²) in [5.41, 5.74) is 0.942. The normalized spacial score (nSPS) is 15.4. The molecule has 152 valence electrons. The van der Waals surface area contributed by atoms with E-state index >= 15 is 0 Å². The average molecular weight is 415 g/mol. The molecule has 0 aliphatic carbocycles. The van der Waals surface area contributed by atoms with Crippen LogP contribution in [0.15, 0.2) is 48.1 Å². The van der Waals surface area contributed by atoms with Gasteiger partial charge in [0.05, 0.1) is 7.11 Å². The predicted octanol–water partition coefficient (Wildman–Crippen LogP) is 0.885. The third-order valence-electron chi connectivity index (χ3n) is 4.79. The quantitative estimate of drug-likeness (QED) is 0.605. The molecule has 1 saturated heterocycles. The van der Waals surface area contributed by atoms with Gasteiger partial charge in [-0.15, -0.1) is 0 Å². The van der Waals surface area contributed by atoms with Gasteiger partial charge in [-0.05, 0) is 24.6 Å². The molecule has 3 heterocycles. The predicted molar refractivity (Wildman–Crippen MR) is 106 cm³/mol. The Bertz CT molecular complexity index is 1090. The van der Waals surface area contributed by atoms with E-state index in [9.17, 15) is 8.42 Å². The standard InChI is InChI=1S/C18H21N7O3S/c1-14-3-4-16(15(9-14)28-2)29(26,27)24-7-5-23(6-8-24)17-10-18(21-12-20-17)25-13-19-11-22-25/h3-4,9-13H,5-8H2,1-2H3. The fraction of sp³-hybridized carbons (Fsp3) is 0.333. The number of aromatic nitrogens is 5. The Kier molecular flexibility index (Phi) is 5.16. The van der Waals surface area contributed by atoms with E-state index in [2.05, 4.69) is 20.1 Å². The summed E-state index contributed by atoms with van der Waals surface area (Å²) in [6, 6.07) is 6.92. The lowest BCUT2D eigenvalue weighted by Crippen LogP contribution is -2.49. The maximum atomic E-state index is 13.1. The number of piperazine rings is 1. The summed E-state index contributed by atoms with van der Waals surface area (Å²) in [5, 5.41) is 4.07. The second-order valence-electron chi connectivity index (χ2n) is 6.62. The number of hydrogen-bond acceptors (Lipinski definition) is 8. The van der Waals surface area contributed by atoms with E-state index in [0.717, 1.165) is 11.4 Å². The molecule has 0 radical (unpaired) electrons. The molecule has 0 unspecified atom stereocenters. The first-order valence-corrected chi connectivity index (χ1v) is 10.5. The van der Waals surface area contributed by atoms with Crippen LogP contribution in [0.4, 0.5) is 5.82 Å². The van der Waals surface area contributed by atoms with Crippen LogP contribution >= 0.6 is 0 Å². The fourth-order valence-electron chi connectivity index (χ4n) is 3.25. The molecule has 0 atom stereocenters. The Balaban J connectivity index is 1.51. The van der Waals surface area contributed by atoms with Gasteiger partial charge in [0, 0.05) is 32.2 Å². The molecule has 0 spiro atoms. The summed E-state index contributed by atoms with van der Waals surface area (Å²) < 4.78 is 34.6. The fourth-order valence-corrected chi connectivity index (χ4v) is 4.81. The molecule has 11 heteroatoms. The summed E-state index contributed by atoms with van der Waals surface area (Å²) in [6.07, 6.45) is 4.46. The second-order valence-corrected chi connectivity index (χ2v) is 8.53. The van der Waals surface area contributed by atoms with Gasteiger partial charge in [0.15, 0.2) is 5.82 Å². The third-order valence-corrected chi connectivity index (χ3v) is 6.73. The first kappa shape index (κ1) is 19.3.